The molecule has 1 saturated heterocycles. The number of rotatable bonds is 6. The normalized spacial score (nSPS) is 14.4. The van der Waals surface area contributed by atoms with Gasteiger partial charge in [-0.15, -0.1) is 11.8 Å². The minimum atomic E-state index is -0.00310. The number of amides is 1. The molecule has 25 heavy (non-hydrogen) atoms. The minimum Gasteiger partial charge on any atom is -0.372 e. The number of benzene rings is 2. The van der Waals surface area contributed by atoms with Gasteiger partial charge in [0.25, 0.3) is 5.91 Å². The summed E-state index contributed by atoms with van der Waals surface area (Å²) >= 11 is 1.70. The van der Waals surface area contributed by atoms with Crippen molar-refractivity contribution in [1.82, 2.24) is 5.32 Å². The molecule has 0 unspecified atom stereocenters. The van der Waals surface area contributed by atoms with E-state index in [1.165, 1.54) is 24.9 Å². The van der Waals surface area contributed by atoms with E-state index in [4.69, 9.17) is 0 Å². The molecule has 0 spiro atoms. The van der Waals surface area contributed by atoms with E-state index in [2.05, 4.69) is 41.4 Å². The van der Waals surface area contributed by atoms with Gasteiger partial charge in [0.05, 0.1) is 5.56 Å². The Morgan fingerprint density at radius 3 is 2.48 bits per heavy atom. The first-order valence-electron chi connectivity index (χ1n) is 9.12. The zero-order chi connectivity index (χ0) is 17.5. The van der Waals surface area contributed by atoms with Crippen molar-refractivity contribution >= 4 is 23.4 Å². The molecule has 0 saturated carbocycles. The quantitative estimate of drug-likeness (QED) is 0.762. The Morgan fingerprint density at radius 2 is 1.76 bits per heavy atom. The molecule has 3 nitrogen and oxygen atoms in total. The van der Waals surface area contributed by atoms with Crippen molar-refractivity contribution in [2.75, 3.05) is 23.7 Å². The third-order valence-electron chi connectivity index (χ3n) is 4.54. The number of anilines is 1. The second kappa shape index (κ2) is 8.95. The van der Waals surface area contributed by atoms with E-state index in [1.54, 1.807) is 11.8 Å². The van der Waals surface area contributed by atoms with E-state index in [0.717, 1.165) is 34.9 Å². The standard InChI is InChI=1S/C21H26N2OS/c1-2-25-20-9-5-4-8-19(20)21(24)22-16-17-10-12-18(13-11-17)23-14-6-3-7-15-23/h4-5,8-13H,2-3,6-7,14-16H2,1H3,(H,22,24). The third-order valence-corrected chi connectivity index (χ3v) is 5.50. The first kappa shape index (κ1) is 17.9. The molecule has 0 aliphatic carbocycles. The lowest BCUT2D eigenvalue weighted by atomic mass is 10.1. The molecule has 0 aromatic heterocycles. The summed E-state index contributed by atoms with van der Waals surface area (Å²) in [7, 11) is 0. The highest BCUT2D eigenvalue weighted by molar-refractivity contribution is 7.99. The molecule has 1 aliphatic heterocycles. The highest BCUT2D eigenvalue weighted by Crippen LogP contribution is 2.23. The first-order chi connectivity index (χ1) is 12.3. The summed E-state index contributed by atoms with van der Waals surface area (Å²) < 4.78 is 0. The van der Waals surface area contributed by atoms with Crippen molar-refractivity contribution in [1.29, 1.82) is 0 Å². The van der Waals surface area contributed by atoms with Gasteiger partial charge in [-0.25, -0.2) is 0 Å². The number of hydrogen-bond acceptors (Lipinski definition) is 3. The summed E-state index contributed by atoms with van der Waals surface area (Å²) in [6.45, 7) is 4.97. The Bertz CT molecular complexity index is 693. The summed E-state index contributed by atoms with van der Waals surface area (Å²) in [5.41, 5.74) is 3.19. The fraction of sp³-hybridized carbons (Fsp3) is 0.381. The smallest absolute Gasteiger partial charge is 0.252 e. The van der Waals surface area contributed by atoms with Crippen LogP contribution >= 0.6 is 11.8 Å². The average Bonchev–Trinajstić information content (AvgIpc) is 2.68. The zero-order valence-corrected chi connectivity index (χ0v) is 15.6. The van der Waals surface area contributed by atoms with Crippen LogP contribution in [-0.4, -0.2) is 24.7 Å². The molecule has 0 atom stereocenters. The molecule has 1 fully saturated rings. The van der Waals surface area contributed by atoms with Crippen molar-refractivity contribution in [3.05, 3.63) is 59.7 Å². The predicted molar refractivity (Wildman–Crippen MR) is 107 cm³/mol. The number of thioether (sulfide) groups is 1. The van der Waals surface area contributed by atoms with Crippen LogP contribution in [0.5, 0.6) is 0 Å². The van der Waals surface area contributed by atoms with Gasteiger partial charge in [-0.1, -0.05) is 31.2 Å². The van der Waals surface area contributed by atoms with Crippen LogP contribution < -0.4 is 10.2 Å². The second-order valence-electron chi connectivity index (χ2n) is 6.33. The van der Waals surface area contributed by atoms with Gasteiger partial charge in [-0.2, -0.15) is 0 Å². The summed E-state index contributed by atoms with van der Waals surface area (Å²) in [5.74, 6) is 0.957. The van der Waals surface area contributed by atoms with Crippen LogP contribution in [0.25, 0.3) is 0 Å². The van der Waals surface area contributed by atoms with E-state index < -0.39 is 0 Å². The molecule has 1 aliphatic rings. The maximum atomic E-state index is 12.5. The average molecular weight is 355 g/mol. The van der Waals surface area contributed by atoms with Crippen molar-refractivity contribution in [3.63, 3.8) is 0 Å². The second-order valence-corrected chi connectivity index (χ2v) is 7.63. The molecule has 3 rings (SSSR count). The largest absolute Gasteiger partial charge is 0.372 e. The molecule has 1 amide bonds. The van der Waals surface area contributed by atoms with Gasteiger partial charge in [0.15, 0.2) is 0 Å². The van der Waals surface area contributed by atoms with E-state index >= 15 is 0 Å². The van der Waals surface area contributed by atoms with Crippen LogP contribution in [0.3, 0.4) is 0 Å². The molecule has 1 N–H and O–H groups in total. The lowest BCUT2D eigenvalue weighted by Gasteiger charge is -2.28. The zero-order valence-electron chi connectivity index (χ0n) is 14.8. The maximum absolute atomic E-state index is 12.5. The summed E-state index contributed by atoms with van der Waals surface area (Å²) in [4.78, 5) is 16.0. The molecule has 2 aromatic carbocycles. The first-order valence-corrected chi connectivity index (χ1v) is 10.1. The Kier molecular flexibility index (Phi) is 6.40. The van der Waals surface area contributed by atoms with E-state index in [9.17, 15) is 4.79 Å². The van der Waals surface area contributed by atoms with Crippen molar-refractivity contribution in [3.8, 4) is 0 Å². The highest BCUT2D eigenvalue weighted by atomic mass is 32.2. The Balaban J connectivity index is 1.59. The lowest BCUT2D eigenvalue weighted by Crippen LogP contribution is -2.29. The van der Waals surface area contributed by atoms with E-state index in [-0.39, 0.29) is 5.91 Å². The molecule has 0 radical (unpaired) electrons. The summed E-state index contributed by atoms with van der Waals surface area (Å²) in [6, 6.07) is 16.4. The molecular weight excluding hydrogens is 328 g/mol. The summed E-state index contributed by atoms with van der Waals surface area (Å²) in [6.07, 6.45) is 3.92. The Labute approximate surface area is 154 Å². The van der Waals surface area contributed by atoms with Crippen molar-refractivity contribution in [2.45, 2.75) is 37.6 Å². The molecular formula is C21H26N2OS. The number of carbonyl (C=O) groups is 1. The van der Waals surface area contributed by atoms with Gasteiger partial charge in [0, 0.05) is 30.2 Å². The van der Waals surface area contributed by atoms with Gasteiger partial charge < -0.3 is 10.2 Å². The molecule has 1 heterocycles. The fourth-order valence-corrected chi connectivity index (χ4v) is 3.99. The van der Waals surface area contributed by atoms with Crippen molar-refractivity contribution in [2.24, 2.45) is 0 Å². The van der Waals surface area contributed by atoms with Crippen LogP contribution in [0.1, 0.15) is 42.1 Å². The minimum absolute atomic E-state index is 0.00310. The molecule has 132 valence electrons. The van der Waals surface area contributed by atoms with Crippen molar-refractivity contribution < 1.29 is 4.79 Å². The van der Waals surface area contributed by atoms with E-state index in [1.807, 2.05) is 24.3 Å². The van der Waals surface area contributed by atoms with Gasteiger partial charge in [-0.05, 0) is 54.8 Å². The van der Waals surface area contributed by atoms with Gasteiger partial charge in [0.2, 0.25) is 0 Å². The third kappa shape index (κ3) is 4.79. The van der Waals surface area contributed by atoms with Crippen LogP contribution in [0.15, 0.2) is 53.4 Å². The van der Waals surface area contributed by atoms with E-state index in [0.29, 0.717) is 6.54 Å². The van der Waals surface area contributed by atoms with Gasteiger partial charge >= 0.3 is 0 Å². The molecule has 0 bridgehead atoms. The predicted octanol–water partition coefficient (Wildman–Crippen LogP) is 4.72. The van der Waals surface area contributed by atoms with Crippen LogP contribution in [0.4, 0.5) is 5.69 Å². The number of carbonyl (C=O) groups excluding carboxylic acids is 1. The van der Waals surface area contributed by atoms with Crippen LogP contribution in [-0.2, 0) is 6.54 Å². The topological polar surface area (TPSA) is 32.3 Å². The number of nitrogens with zero attached hydrogens (tertiary/aromatic N) is 1. The monoisotopic (exact) mass is 354 g/mol. The number of hydrogen-bond donors (Lipinski definition) is 1. The lowest BCUT2D eigenvalue weighted by molar-refractivity contribution is 0.0948. The fourth-order valence-electron chi connectivity index (χ4n) is 3.19. The number of piperidine rings is 1. The van der Waals surface area contributed by atoms with Gasteiger partial charge in [-0.3, -0.25) is 4.79 Å². The SMILES string of the molecule is CCSc1ccccc1C(=O)NCc1ccc(N2CCCCC2)cc1. The van der Waals surface area contributed by atoms with Gasteiger partial charge in [0.1, 0.15) is 0 Å². The Hall–Kier alpha value is -1.94. The summed E-state index contributed by atoms with van der Waals surface area (Å²) in [5, 5.41) is 3.05. The van der Waals surface area contributed by atoms with Crippen LogP contribution in [0, 0.1) is 0 Å². The molecule has 2 aromatic rings. The highest BCUT2D eigenvalue weighted by Gasteiger charge is 2.12. The molecule has 4 heteroatoms. The number of nitrogens with one attached hydrogen (secondary N) is 1. The maximum Gasteiger partial charge on any atom is 0.252 e. The van der Waals surface area contributed by atoms with Crippen LogP contribution in [0.2, 0.25) is 0 Å². The Morgan fingerprint density at radius 1 is 1.04 bits per heavy atom.